The highest BCUT2D eigenvalue weighted by Crippen LogP contribution is 2.64. The van der Waals surface area contributed by atoms with E-state index in [1.807, 2.05) is 0 Å². The monoisotopic (exact) mass is 327 g/mol. The van der Waals surface area contributed by atoms with Crippen LogP contribution in [0.15, 0.2) is 60.7 Å². The molecule has 1 aliphatic rings. The van der Waals surface area contributed by atoms with Gasteiger partial charge in [0.1, 0.15) is 0 Å². The van der Waals surface area contributed by atoms with E-state index in [0.717, 1.165) is 12.3 Å². The van der Waals surface area contributed by atoms with Crippen molar-refractivity contribution in [2.24, 2.45) is 0 Å². The molecule has 23 heavy (non-hydrogen) atoms. The molecule has 0 aromatic heterocycles. The Morgan fingerprint density at radius 1 is 0.739 bits per heavy atom. The lowest BCUT2D eigenvalue weighted by molar-refractivity contribution is -0.263. The van der Waals surface area contributed by atoms with E-state index in [4.69, 9.17) is 0 Å². The maximum atomic E-state index is 12.9. The summed E-state index contributed by atoms with van der Waals surface area (Å²) >= 11 is 0. The van der Waals surface area contributed by atoms with E-state index >= 15 is 0 Å². The molecule has 2 nitrogen and oxygen atoms in total. The van der Waals surface area contributed by atoms with Crippen LogP contribution in [0.25, 0.3) is 0 Å². The third-order valence-corrected chi connectivity index (χ3v) is 10.1. The summed E-state index contributed by atoms with van der Waals surface area (Å²) < 4.78 is 0. The van der Waals surface area contributed by atoms with Crippen LogP contribution in [-0.4, -0.2) is 28.5 Å². The normalized spacial score (nSPS) is 22.7. The minimum Gasteiger partial charge on any atom is -0.137 e. The molecule has 121 valence electrons. The van der Waals surface area contributed by atoms with E-state index in [-0.39, 0.29) is 11.1 Å². The topological polar surface area (TPSA) is 23.1 Å². The van der Waals surface area contributed by atoms with Crippen LogP contribution in [0.1, 0.15) is 27.7 Å². The fourth-order valence-electron chi connectivity index (χ4n) is 4.27. The Kier molecular flexibility index (Phi) is 4.13. The lowest BCUT2D eigenvalue weighted by Gasteiger charge is -2.51. The van der Waals surface area contributed by atoms with Crippen LogP contribution >= 0.6 is 7.26 Å². The van der Waals surface area contributed by atoms with Gasteiger partial charge >= 0.3 is 0 Å². The molecule has 1 fully saturated rings. The highest BCUT2D eigenvalue weighted by atomic mass is 31.2. The van der Waals surface area contributed by atoms with Crippen molar-refractivity contribution in [1.82, 2.24) is 5.06 Å². The molecule has 0 unspecified atom stereocenters. The van der Waals surface area contributed by atoms with Crippen molar-refractivity contribution in [1.29, 1.82) is 0 Å². The van der Waals surface area contributed by atoms with Gasteiger partial charge in [-0.3, -0.25) is 0 Å². The summed E-state index contributed by atoms with van der Waals surface area (Å²) in [5.74, 6) is 0. The van der Waals surface area contributed by atoms with Crippen LogP contribution in [0.4, 0.5) is 0 Å². The molecule has 0 aliphatic carbocycles. The molecule has 2 aromatic rings. The van der Waals surface area contributed by atoms with Gasteiger partial charge in [0.05, 0.1) is 41.3 Å². The molecule has 0 spiro atoms. The van der Waals surface area contributed by atoms with Gasteiger partial charge in [-0.25, -0.2) is 0 Å². The van der Waals surface area contributed by atoms with Crippen LogP contribution < -0.4 is 10.6 Å². The molecule has 3 heteroatoms. The summed E-state index contributed by atoms with van der Waals surface area (Å²) in [4.78, 5) is 0. The molecule has 1 saturated heterocycles. The van der Waals surface area contributed by atoms with E-state index in [0.29, 0.717) is 0 Å². The van der Waals surface area contributed by atoms with Gasteiger partial charge < -0.3 is 0 Å². The van der Waals surface area contributed by atoms with Gasteiger partial charge in [-0.1, -0.05) is 36.4 Å². The number of hydrogen-bond acceptors (Lipinski definition) is 1. The van der Waals surface area contributed by atoms with Crippen molar-refractivity contribution in [2.75, 3.05) is 12.3 Å². The highest BCUT2D eigenvalue weighted by Gasteiger charge is 2.60. The summed E-state index contributed by atoms with van der Waals surface area (Å²) in [5, 5.41) is 17.0. The summed E-state index contributed by atoms with van der Waals surface area (Å²) in [6.45, 7) is 8.40. The third kappa shape index (κ3) is 2.85. The standard InChI is InChI=1S/C20H26NOP/c1-19(2)15-23(16-20(3,4)21(19)22,17-11-7-5-8-12-17)18-13-9-6-10-14-18/h5-14H,15-16H2,1-4H3/q+1. The second-order valence-electron chi connectivity index (χ2n) is 7.87. The molecular weight excluding hydrogens is 301 g/mol. The first-order chi connectivity index (χ1) is 10.8. The Labute approximate surface area is 140 Å². The predicted molar refractivity (Wildman–Crippen MR) is 99.5 cm³/mol. The zero-order valence-electron chi connectivity index (χ0n) is 14.5. The fourth-order valence-corrected chi connectivity index (χ4v) is 9.79. The molecule has 2 aromatic carbocycles. The van der Waals surface area contributed by atoms with Crippen molar-refractivity contribution in [3.8, 4) is 0 Å². The summed E-state index contributed by atoms with van der Waals surface area (Å²) in [6.07, 6.45) is 1.86. The van der Waals surface area contributed by atoms with E-state index in [1.54, 1.807) is 0 Å². The van der Waals surface area contributed by atoms with Crippen molar-refractivity contribution in [3.05, 3.63) is 60.7 Å². The molecule has 0 saturated carbocycles. The lowest BCUT2D eigenvalue weighted by Crippen LogP contribution is -2.63. The molecule has 1 heterocycles. The Bertz CT molecular complexity index is 607. The summed E-state index contributed by atoms with van der Waals surface area (Å²) in [5.41, 5.74) is -0.720. The van der Waals surface area contributed by atoms with E-state index < -0.39 is 7.26 Å². The molecule has 0 bridgehead atoms. The van der Waals surface area contributed by atoms with Crippen LogP contribution in [0.3, 0.4) is 0 Å². The zero-order valence-corrected chi connectivity index (χ0v) is 15.4. The van der Waals surface area contributed by atoms with Gasteiger partial charge in [-0.05, 0) is 52.0 Å². The van der Waals surface area contributed by atoms with E-state index in [9.17, 15) is 5.21 Å². The van der Waals surface area contributed by atoms with Crippen LogP contribution in [0.5, 0.6) is 0 Å². The molecule has 0 atom stereocenters. The Morgan fingerprint density at radius 3 is 1.43 bits per heavy atom. The Morgan fingerprint density at radius 2 is 1.09 bits per heavy atom. The summed E-state index contributed by atoms with van der Waals surface area (Å²) in [7, 11) is -1.62. The van der Waals surface area contributed by atoms with Gasteiger partial charge in [-0.15, -0.1) is 10.3 Å². The zero-order chi connectivity index (χ0) is 16.7. The number of nitrogens with zero attached hydrogens (tertiary/aromatic N) is 1. The average Bonchev–Trinajstić information content (AvgIpc) is 2.53. The minimum absolute atomic E-state index is 0.360. The second-order valence-corrected chi connectivity index (χ2v) is 11.5. The van der Waals surface area contributed by atoms with Crippen LogP contribution in [0.2, 0.25) is 0 Å². The van der Waals surface area contributed by atoms with Crippen LogP contribution in [-0.2, 0) is 5.21 Å². The molecule has 3 rings (SSSR count). The van der Waals surface area contributed by atoms with Gasteiger partial charge in [-0.2, -0.15) is 0 Å². The fraction of sp³-hybridized carbons (Fsp3) is 0.400. The summed E-state index contributed by atoms with van der Waals surface area (Å²) in [6, 6.07) is 21.7. The maximum absolute atomic E-state index is 12.9. The first-order valence-electron chi connectivity index (χ1n) is 8.24. The Balaban J connectivity index is 2.22. The number of rotatable bonds is 2. The first-order valence-corrected chi connectivity index (χ1v) is 10.4. The first kappa shape index (κ1) is 16.6. The molecule has 1 radical (unpaired) electrons. The van der Waals surface area contributed by atoms with E-state index in [2.05, 4.69) is 88.4 Å². The smallest absolute Gasteiger partial charge is 0.0993 e. The van der Waals surface area contributed by atoms with E-state index in [1.165, 1.54) is 15.7 Å². The average molecular weight is 327 g/mol. The van der Waals surface area contributed by atoms with Gasteiger partial charge in [0, 0.05) is 0 Å². The molecule has 0 N–H and O–H groups in total. The van der Waals surface area contributed by atoms with Gasteiger partial charge in [0.15, 0.2) is 0 Å². The molecular formula is C20H26NOP+. The predicted octanol–water partition coefficient (Wildman–Crippen LogP) is 3.87. The SMILES string of the molecule is CC1(C)C[P+](c2ccccc2)(c2ccccc2)CC(C)(C)N1[O]. The largest absolute Gasteiger partial charge is 0.137 e. The van der Waals surface area contributed by atoms with Crippen LogP contribution in [0, 0.1) is 0 Å². The number of benzene rings is 2. The molecule has 0 amide bonds. The maximum Gasteiger partial charge on any atom is 0.0993 e. The minimum atomic E-state index is -1.62. The van der Waals surface area contributed by atoms with Gasteiger partial charge in [0.2, 0.25) is 0 Å². The van der Waals surface area contributed by atoms with Crippen molar-refractivity contribution < 1.29 is 5.21 Å². The molecule has 1 aliphatic heterocycles. The second kappa shape index (κ2) is 5.70. The number of hydrogen-bond donors (Lipinski definition) is 0. The number of hydroxylamine groups is 2. The highest BCUT2D eigenvalue weighted by molar-refractivity contribution is 7.89. The lowest BCUT2D eigenvalue weighted by atomic mass is 9.99. The Hall–Kier alpha value is -1.21. The van der Waals surface area contributed by atoms with Gasteiger partial charge in [0.25, 0.3) is 0 Å². The van der Waals surface area contributed by atoms with Crippen molar-refractivity contribution in [2.45, 2.75) is 38.8 Å². The third-order valence-electron chi connectivity index (χ3n) is 4.91. The van der Waals surface area contributed by atoms with Crippen molar-refractivity contribution >= 4 is 17.9 Å². The quantitative estimate of drug-likeness (QED) is 0.768. The van der Waals surface area contributed by atoms with Crippen molar-refractivity contribution in [3.63, 3.8) is 0 Å².